The van der Waals surface area contributed by atoms with Gasteiger partial charge in [0.15, 0.2) is 0 Å². The van der Waals surface area contributed by atoms with Crippen LogP contribution in [0.1, 0.15) is 32.5 Å². The molecule has 1 rings (SSSR count). The molecule has 1 aromatic rings. The summed E-state index contributed by atoms with van der Waals surface area (Å²) in [4.78, 5) is 10.6. The van der Waals surface area contributed by atoms with Gasteiger partial charge in [-0.3, -0.25) is 13.7 Å². The summed E-state index contributed by atoms with van der Waals surface area (Å²) >= 11 is 0. The van der Waals surface area contributed by atoms with Gasteiger partial charge in [-0.2, -0.15) is 5.10 Å². The highest BCUT2D eigenvalue weighted by molar-refractivity contribution is 7.84. The number of aliphatic carboxylic acids is 1. The Morgan fingerprint density at radius 3 is 2.65 bits per heavy atom. The molecule has 5 nitrogen and oxygen atoms in total. The molecule has 1 heterocycles. The van der Waals surface area contributed by atoms with E-state index in [0.717, 1.165) is 5.69 Å². The molecular weight excluding hydrogens is 240 g/mol. The fourth-order valence-corrected chi connectivity index (χ4v) is 2.62. The summed E-state index contributed by atoms with van der Waals surface area (Å²) in [6, 6.07) is 2.10. The number of hydrogen-bond donors (Lipinski definition) is 1. The van der Waals surface area contributed by atoms with Crippen molar-refractivity contribution in [2.75, 3.05) is 5.75 Å². The van der Waals surface area contributed by atoms with Crippen molar-refractivity contribution in [3.63, 3.8) is 0 Å². The van der Waals surface area contributed by atoms with E-state index in [1.165, 1.54) is 0 Å². The Bertz CT molecular complexity index is 415. The van der Waals surface area contributed by atoms with E-state index in [2.05, 4.69) is 5.10 Å². The highest BCUT2D eigenvalue weighted by Gasteiger charge is 2.15. The molecule has 0 amide bonds. The number of nitrogens with zero attached hydrogens (tertiary/aromatic N) is 2. The molecule has 0 spiro atoms. The number of hydrogen-bond acceptors (Lipinski definition) is 3. The normalized spacial score (nSPS) is 14.8. The van der Waals surface area contributed by atoms with E-state index < -0.39 is 22.7 Å². The molecule has 6 heteroatoms. The Morgan fingerprint density at radius 1 is 1.53 bits per heavy atom. The molecule has 0 radical (unpaired) electrons. The van der Waals surface area contributed by atoms with Crippen LogP contribution in [0.25, 0.3) is 0 Å². The first-order valence-electron chi connectivity index (χ1n) is 5.52. The van der Waals surface area contributed by atoms with Crippen LogP contribution in [-0.4, -0.2) is 30.8 Å². The summed E-state index contributed by atoms with van der Waals surface area (Å²) in [6.07, 6.45) is 1.85. The topological polar surface area (TPSA) is 72.2 Å². The third-order valence-corrected chi connectivity index (χ3v) is 3.85. The molecule has 1 N–H and O–H groups in total. The fourth-order valence-electron chi connectivity index (χ4n) is 1.32. The zero-order chi connectivity index (χ0) is 13.0. The Balaban J connectivity index is 2.53. The standard InChI is InChI=1S/C11H18N2O3S/c1-8(2)13-5-4-10(12-13)7-17(16)6-9(3)11(14)15/h4-5,8-9H,6-7H2,1-3H3,(H,14,15). The minimum atomic E-state index is -1.18. The van der Waals surface area contributed by atoms with Gasteiger partial charge in [-0.25, -0.2) is 0 Å². The monoisotopic (exact) mass is 258 g/mol. The zero-order valence-corrected chi connectivity index (χ0v) is 11.1. The summed E-state index contributed by atoms with van der Waals surface area (Å²) in [5, 5.41) is 13.0. The second-order valence-corrected chi connectivity index (χ2v) is 5.87. The van der Waals surface area contributed by atoms with E-state index in [1.807, 2.05) is 26.1 Å². The lowest BCUT2D eigenvalue weighted by atomic mass is 10.2. The maximum atomic E-state index is 11.7. The van der Waals surface area contributed by atoms with Gasteiger partial charge in [0.1, 0.15) is 0 Å². The van der Waals surface area contributed by atoms with E-state index in [-0.39, 0.29) is 11.8 Å². The van der Waals surface area contributed by atoms with E-state index in [4.69, 9.17) is 5.11 Å². The predicted molar refractivity (Wildman–Crippen MR) is 66.1 cm³/mol. The van der Waals surface area contributed by atoms with Crippen LogP contribution in [0.3, 0.4) is 0 Å². The van der Waals surface area contributed by atoms with E-state index >= 15 is 0 Å². The molecule has 2 atom stereocenters. The van der Waals surface area contributed by atoms with E-state index in [0.29, 0.717) is 5.75 Å². The molecule has 0 saturated heterocycles. The number of carboxylic acids is 1. The summed E-state index contributed by atoms with van der Waals surface area (Å²) < 4.78 is 13.5. The van der Waals surface area contributed by atoms with Crippen molar-refractivity contribution in [1.29, 1.82) is 0 Å². The fraction of sp³-hybridized carbons (Fsp3) is 0.636. The Labute approximate surface area is 103 Å². The van der Waals surface area contributed by atoms with Crippen molar-refractivity contribution in [1.82, 2.24) is 9.78 Å². The second kappa shape index (κ2) is 5.95. The lowest BCUT2D eigenvalue weighted by molar-refractivity contribution is -0.140. The van der Waals surface area contributed by atoms with Crippen molar-refractivity contribution >= 4 is 16.8 Å². The molecule has 0 bridgehead atoms. The van der Waals surface area contributed by atoms with Gasteiger partial charge in [-0.1, -0.05) is 6.92 Å². The quantitative estimate of drug-likeness (QED) is 0.838. The van der Waals surface area contributed by atoms with Gasteiger partial charge >= 0.3 is 5.97 Å². The summed E-state index contributed by atoms with van der Waals surface area (Å²) in [6.45, 7) is 5.59. The third-order valence-electron chi connectivity index (χ3n) is 2.36. The van der Waals surface area contributed by atoms with Gasteiger partial charge in [0.25, 0.3) is 0 Å². The predicted octanol–water partition coefficient (Wildman–Crippen LogP) is 1.43. The Kier molecular flexibility index (Phi) is 4.86. The average Bonchev–Trinajstić information content (AvgIpc) is 2.65. The van der Waals surface area contributed by atoms with Crippen LogP contribution in [0, 0.1) is 5.92 Å². The van der Waals surface area contributed by atoms with Crippen LogP contribution in [-0.2, 0) is 21.3 Å². The van der Waals surface area contributed by atoms with E-state index in [9.17, 15) is 9.00 Å². The molecule has 0 fully saturated rings. The van der Waals surface area contributed by atoms with Crippen molar-refractivity contribution < 1.29 is 14.1 Å². The molecule has 2 unspecified atom stereocenters. The molecule has 0 aliphatic carbocycles. The lowest BCUT2D eigenvalue weighted by Crippen LogP contribution is -2.18. The number of carboxylic acid groups (broad SMARTS) is 1. The first kappa shape index (κ1) is 13.9. The zero-order valence-electron chi connectivity index (χ0n) is 10.3. The first-order valence-corrected chi connectivity index (χ1v) is 7.00. The maximum absolute atomic E-state index is 11.7. The average molecular weight is 258 g/mol. The molecular formula is C11H18N2O3S. The third kappa shape index (κ3) is 4.30. The van der Waals surface area contributed by atoms with Crippen molar-refractivity contribution in [2.24, 2.45) is 5.92 Å². The molecule has 96 valence electrons. The van der Waals surface area contributed by atoms with Crippen LogP contribution in [0.5, 0.6) is 0 Å². The first-order chi connectivity index (χ1) is 7.90. The summed E-state index contributed by atoms with van der Waals surface area (Å²) in [5.74, 6) is -1.00. The molecule has 17 heavy (non-hydrogen) atoms. The Hall–Kier alpha value is -1.17. The van der Waals surface area contributed by atoms with Crippen LogP contribution < -0.4 is 0 Å². The van der Waals surface area contributed by atoms with Crippen molar-refractivity contribution in [3.05, 3.63) is 18.0 Å². The van der Waals surface area contributed by atoms with Crippen molar-refractivity contribution in [3.8, 4) is 0 Å². The van der Waals surface area contributed by atoms with Gasteiger partial charge in [-0.15, -0.1) is 0 Å². The van der Waals surface area contributed by atoms with Gasteiger partial charge < -0.3 is 5.11 Å². The number of carbonyl (C=O) groups is 1. The minimum Gasteiger partial charge on any atom is -0.481 e. The molecule has 0 aliphatic rings. The largest absolute Gasteiger partial charge is 0.481 e. The number of aromatic nitrogens is 2. The summed E-state index contributed by atoms with van der Waals surface area (Å²) in [5.41, 5.74) is 0.745. The van der Waals surface area contributed by atoms with E-state index in [1.54, 1.807) is 11.6 Å². The lowest BCUT2D eigenvalue weighted by Gasteiger charge is -2.05. The molecule has 0 aliphatic heterocycles. The smallest absolute Gasteiger partial charge is 0.307 e. The highest BCUT2D eigenvalue weighted by atomic mass is 32.2. The van der Waals surface area contributed by atoms with Crippen LogP contribution in [0.15, 0.2) is 12.3 Å². The van der Waals surface area contributed by atoms with Gasteiger partial charge in [0.2, 0.25) is 0 Å². The van der Waals surface area contributed by atoms with Gasteiger partial charge in [0.05, 0.1) is 17.4 Å². The van der Waals surface area contributed by atoms with Crippen LogP contribution in [0.2, 0.25) is 0 Å². The number of rotatable bonds is 6. The second-order valence-electron chi connectivity index (χ2n) is 4.37. The molecule has 0 saturated carbocycles. The SMILES string of the molecule is CC(CS(=O)Cc1ccn(C(C)C)n1)C(=O)O. The van der Waals surface area contributed by atoms with Crippen LogP contribution in [0.4, 0.5) is 0 Å². The molecule has 1 aromatic heterocycles. The van der Waals surface area contributed by atoms with Crippen molar-refractivity contribution in [2.45, 2.75) is 32.6 Å². The Morgan fingerprint density at radius 2 is 2.18 bits per heavy atom. The highest BCUT2D eigenvalue weighted by Crippen LogP contribution is 2.08. The van der Waals surface area contributed by atoms with Gasteiger partial charge in [0, 0.05) is 28.8 Å². The van der Waals surface area contributed by atoms with Gasteiger partial charge in [-0.05, 0) is 19.9 Å². The maximum Gasteiger partial charge on any atom is 0.307 e. The summed E-state index contributed by atoms with van der Waals surface area (Å²) in [7, 11) is -1.18. The minimum absolute atomic E-state index is 0.171. The van der Waals surface area contributed by atoms with Crippen LogP contribution >= 0.6 is 0 Å². The molecule has 0 aromatic carbocycles.